The number of hydrogen-bond acceptors (Lipinski definition) is 25. The maximum atomic E-state index is 13.7. The Morgan fingerprint density at radius 1 is 0.623 bits per heavy atom. The van der Waals surface area contributed by atoms with Crippen molar-refractivity contribution < 1.29 is 118 Å². The molecule has 0 radical (unpaired) electrons. The number of unbranched alkanes of at least 4 members (excludes halogenated alkanes) is 2. The minimum Gasteiger partial charge on any atom is -0.394 e. The largest absolute Gasteiger partial charge is 0.394 e. The monoisotopic (exact) mass is 1000 g/mol. The van der Waals surface area contributed by atoms with Crippen LogP contribution < -0.4 is 16.0 Å². The van der Waals surface area contributed by atoms with Crippen LogP contribution in [0.5, 0.6) is 0 Å². The molecule has 0 aromatic rings. The van der Waals surface area contributed by atoms with Crippen molar-refractivity contribution in [2.75, 3.05) is 65.8 Å². The molecule has 4 aliphatic rings. The van der Waals surface area contributed by atoms with E-state index in [1.54, 1.807) is 0 Å². The molecule has 4 fully saturated rings. The van der Waals surface area contributed by atoms with Crippen LogP contribution in [0.3, 0.4) is 0 Å². The third-order valence-electron chi connectivity index (χ3n) is 11.5. The number of hydroxylamine groups is 2. The number of nitrogens with zero attached hydrogens (tertiary/aromatic N) is 2. The lowest BCUT2D eigenvalue weighted by Gasteiger charge is -2.40. The van der Waals surface area contributed by atoms with E-state index in [1.165, 1.54) is 6.92 Å². The normalized spacial score (nSPS) is 33.3. The van der Waals surface area contributed by atoms with Gasteiger partial charge in [0.2, 0.25) is 17.7 Å². The molecule has 0 aromatic carbocycles. The van der Waals surface area contributed by atoms with E-state index in [2.05, 4.69) is 16.0 Å². The van der Waals surface area contributed by atoms with Gasteiger partial charge in [-0.15, -0.1) is 5.06 Å². The second kappa shape index (κ2) is 28.4. The van der Waals surface area contributed by atoms with Crippen LogP contribution in [0.1, 0.15) is 51.9 Å². The minimum atomic E-state index is -1.82. The fraction of sp³-hybridized carbons (Fsp3) is 0.850. The molecule has 5 amide bonds. The first kappa shape index (κ1) is 57.9. The number of aliphatic hydroxyl groups excluding tert-OH is 11. The van der Waals surface area contributed by atoms with Gasteiger partial charge in [0.1, 0.15) is 67.1 Å². The van der Waals surface area contributed by atoms with E-state index in [4.69, 9.17) is 33.3 Å². The standard InChI is InChI=1S/C40H67N5O24/c1-19-29(54)32(57)35(60)38(66-19)64-12-10-42-24(49)14-44(13-23(48)41-9-4-2-3-5-28(53)69-45-26(51)6-7-27(45)52)15-25(50)43-20(18-65-40-37(62)34(59)31(56)22(17-47)68-40)8-11-63-39-36(61)33(58)30(55)21(16-46)67-39/h19-22,29-40,46-47,54-62H,2-18H2,1H3,(H,41,48)(H,42,49)(H,43,50)/t19-,20+,21+,22+,29+,30+,31+,32+,33-,34-,35-,36-,37-,38+,39-,40-/m0/s1. The van der Waals surface area contributed by atoms with Crippen molar-refractivity contribution in [3.63, 3.8) is 0 Å². The summed E-state index contributed by atoms with van der Waals surface area (Å²) in [6.07, 6.45) is -22.4. The SMILES string of the molecule is C[C@@H]1O[C@@H](OCCNC(=O)CN(CC(=O)NCCCCCC(=O)ON2C(=O)CCC2=O)CC(=O)N[C@H](CCO[C@H]2O[C@H](CO)[C@@H](O)[C@H](O)[C@@H]2O)CO[C@H]2O[C@H](CO)[C@@H](O)[C@H](O)[C@@H]2O)[C@@H](O)[C@H](O)[C@@H]1O. The maximum absolute atomic E-state index is 13.7. The summed E-state index contributed by atoms with van der Waals surface area (Å²) in [5.41, 5.74) is 0. The molecular formula is C40H67N5O24. The average molecular weight is 1000 g/mol. The Morgan fingerprint density at radius 3 is 1.68 bits per heavy atom. The Hall–Kier alpha value is -3.70. The first-order chi connectivity index (χ1) is 32.7. The fourth-order valence-corrected chi connectivity index (χ4v) is 7.43. The van der Waals surface area contributed by atoms with Crippen LogP contribution >= 0.6 is 0 Å². The Balaban J connectivity index is 1.36. The second-order valence-electron chi connectivity index (χ2n) is 16.9. The second-order valence-corrected chi connectivity index (χ2v) is 16.9. The summed E-state index contributed by atoms with van der Waals surface area (Å²) in [5, 5.41) is 119. The number of rotatable bonds is 27. The summed E-state index contributed by atoms with van der Waals surface area (Å²) in [4.78, 5) is 81.4. The first-order valence-corrected chi connectivity index (χ1v) is 22.5. The highest BCUT2D eigenvalue weighted by atomic mass is 16.7. The Bertz CT molecular complexity index is 1650. The number of nitrogens with one attached hydrogen (secondary N) is 3. The molecule has 0 unspecified atom stereocenters. The lowest BCUT2D eigenvalue weighted by atomic mass is 9.99. The fourth-order valence-electron chi connectivity index (χ4n) is 7.43. The van der Waals surface area contributed by atoms with Crippen molar-refractivity contribution in [3.8, 4) is 0 Å². The topological polar surface area (TPSA) is 432 Å². The molecule has 0 bridgehead atoms. The summed E-state index contributed by atoms with van der Waals surface area (Å²) in [6, 6.07) is -1.09. The number of carbonyl (C=O) groups excluding carboxylic acids is 6. The molecule has 4 rings (SSSR count). The van der Waals surface area contributed by atoms with E-state index < -0.39 is 173 Å². The van der Waals surface area contributed by atoms with Gasteiger partial charge in [-0.3, -0.25) is 28.9 Å². The van der Waals surface area contributed by atoms with Gasteiger partial charge < -0.3 is 105 Å². The average Bonchev–Trinajstić information content (AvgIpc) is 3.63. The van der Waals surface area contributed by atoms with Gasteiger partial charge in [-0.05, 0) is 26.2 Å². The highest BCUT2D eigenvalue weighted by Crippen LogP contribution is 2.25. The summed E-state index contributed by atoms with van der Waals surface area (Å²) in [6.45, 7) is -2.91. The van der Waals surface area contributed by atoms with E-state index in [1.807, 2.05) is 0 Å². The van der Waals surface area contributed by atoms with Crippen molar-refractivity contribution >= 4 is 35.5 Å². The molecule has 69 heavy (non-hydrogen) atoms. The van der Waals surface area contributed by atoms with E-state index in [0.717, 1.165) is 4.90 Å². The molecule has 4 aliphatic heterocycles. The van der Waals surface area contributed by atoms with Crippen LogP contribution in [0.2, 0.25) is 0 Å². The van der Waals surface area contributed by atoms with E-state index in [-0.39, 0.29) is 52.0 Å². The van der Waals surface area contributed by atoms with E-state index >= 15 is 0 Å². The zero-order chi connectivity index (χ0) is 50.9. The molecule has 0 aromatic heterocycles. The highest BCUT2D eigenvalue weighted by molar-refractivity contribution is 6.01. The van der Waals surface area contributed by atoms with Crippen molar-refractivity contribution in [3.05, 3.63) is 0 Å². The summed E-state index contributed by atoms with van der Waals surface area (Å²) in [5.74, 6) is -4.14. The van der Waals surface area contributed by atoms with Gasteiger partial charge in [0.25, 0.3) is 11.8 Å². The van der Waals surface area contributed by atoms with Crippen LogP contribution in [0, 0.1) is 0 Å². The highest BCUT2D eigenvalue weighted by Gasteiger charge is 2.46. The van der Waals surface area contributed by atoms with Crippen LogP contribution in [0.25, 0.3) is 0 Å². The predicted octanol–water partition coefficient (Wildman–Crippen LogP) is -8.96. The summed E-state index contributed by atoms with van der Waals surface area (Å²) < 4.78 is 32.8. The van der Waals surface area contributed by atoms with Gasteiger partial charge in [-0.25, -0.2) is 4.79 Å². The maximum Gasteiger partial charge on any atom is 0.333 e. The van der Waals surface area contributed by atoms with Gasteiger partial charge in [0.05, 0.1) is 64.8 Å². The van der Waals surface area contributed by atoms with Crippen LogP contribution in [-0.4, -0.2) is 266 Å². The minimum absolute atomic E-state index is 0.0506. The van der Waals surface area contributed by atoms with Gasteiger partial charge in [-0.2, -0.15) is 0 Å². The van der Waals surface area contributed by atoms with Gasteiger partial charge >= 0.3 is 5.97 Å². The Kier molecular flexibility index (Phi) is 23.8. The number of ether oxygens (including phenoxy) is 6. The molecule has 0 saturated carbocycles. The van der Waals surface area contributed by atoms with Crippen LogP contribution in [0.4, 0.5) is 0 Å². The Morgan fingerprint density at radius 2 is 1.12 bits per heavy atom. The van der Waals surface area contributed by atoms with E-state index in [0.29, 0.717) is 24.3 Å². The Labute approximate surface area is 395 Å². The van der Waals surface area contributed by atoms with Gasteiger partial charge in [0.15, 0.2) is 18.9 Å². The summed E-state index contributed by atoms with van der Waals surface area (Å²) in [7, 11) is 0. The molecule has 0 aliphatic carbocycles. The molecule has 4 heterocycles. The zero-order valence-corrected chi connectivity index (χ0v) is 37.9. The van der Waals surface area contributed by atoms with Crippen LogP contribution in [0.15, 0.2) is 0 Å². The van der Waals surface area contributed by atoms with Crippen molar-refractivity contribution in [1.82, 2.24) is 25.9 Å². The number of imide groups is 1. The molecule has 4 saturated heterocycles. The van der Waals surface area contributed by atoms with Gasteiger partial charge in [0, 0.05) is 32.4 Å². The van der Waals surface area contributed by atoms with Crippen molar-refractivity contribution in [1.29, 1.82) is 0 Å². The molecule has 29 nitrogen and oxygen atoms in total. The third-order valence-corrected chi connectivity index (χ3v) is 11.5. The zero-order valence-electron chi connectivity index (χ0n) is 37.9. The quantitative estimate of drug-likeness (QED) is 0.0268. The van der Waals surface area contributed by atoms with Gasteiger partial charge in [-0.1, -0.05) is 6.42 Å². The first-order valence-electron chi connectivity index (χ1n) is 22.5. The number of hydrogen-bond donors (Lipinski definition) is 14. The number of carbonyl (C=O) groups is 6. The molecule has 16 atom stereocenters. The number of aliphatic hydroxyl groups is 11. The molecular weight excluding hydrogens is 934 g/mol. The van der Waals surface area contributed by atoms with Crippen molar-refractivity contribution in [2.45, 2.75) is 150 Å². The lowest BCUT2D eigenvalue weighted by Crippen LogP contribution is -2.60. The molecule has 14 N–H and O–H groups in total. The molecule has 29 heteroatoms. The van der Waals surface area contributed by atoms with Crippen LogP contribution in [-0.2, 0) is 62.0 Å². The number of amides is 5. The molecule has 0 spiro atoms. The third kappa shape index (κ3) is 17.2. The smallest absolute Gasteiger partial charge is 0.333 e. The lowest BCUT2D eigenvalue weighted by molar-refractivity contribution is -0.304. The molecule has 396 valence electrons. The predicted molar refractivity (Wildman–Crippen MR) is 222 cm³/mol. The summed E-state index contributed by atoms with van der Waals surface area (Å²) >= 11 is 0. The van der Waals surface area contributed by atoms with Crippen molar-refractivity contribution in [2.24, 2.45) is 0 Å². The van der Waals surface area contributed by atoms with E-state index in [9.17, 15) is 84.9 Å².